The first-order chi connectivity index (χ1) is 11.5. The fourth-order valence-corrected chi connectivity index (χ4v) is 2.90. The number of hydrogen-bond donors (Lipinski definition) is 1. The lowest BCUT2D eigenvalue weighted by Gasteiger charge is -2.28. The van der Waals surface area contributed by atoms with E-state index in [-0.39, 0.29) is 18.1 Å². The van der Waals surface area contributed by atoms with E-state index in [0.29, 0.717) is 37.6 Å². The van der Waals surface area contributed by atoms with E-state index in [1.807, 2.05) is 11.8 Å². The van der Waals surface area contributed by atoms with Crippen molar-refractivity contribution in [3.63, 3.8) is 0 Å². The number of hydrogen-bond acceptors (Lipinski definition) is 7. The summed E-state index contributed by atoms with van der Waals surface area (Å²) in [7, 11) is 1.66. The summed E-state index contributed by atoms with van der Waals surface area (Å²) in [5.74, 6) is 0.992. The van der Waals surface area contributed by atoms with Crippen molar-refractivity contribution in [2.24, 2.45) is 0 Å². The third-order valence-corrected chi connectivity index (χ3v) is 4.17. The highest BCUT2D eigenvalue weighted by molar-refractivity contribution is 5.92. The molecule has 1 amide bonds. The van der Waals surface area contributed by atoms with Crippen molar-refractivity contribution in [2.75, 3.05) is 31.6 Å². The number of carbonyl (C=O) groups excluding carboxylic acids is 1. The molecule has 1 saturated heterocycles. The molecule has 0 aromatic carbocycles. The number of likely N-dealkylation sites (N-methyl/N-ethyl adjacent to an activating group) is 1. The van der Waals surface area contributed by atoms with E-state index >= 15 is 0 Å². The minimum atomic E-state index is -0.999. The van der Waals surface area contributed by atoms with Gasteiger partial charge in [-0.3, -0.25) is 4.79 Å². The van der Waals surface area contributed by atoms with Crippen LogP contribution in [-0.2, 0) is 6.42 Å². The zero-order chi connectivity index (χ0) is 17.2. The van der Waals surface area contributed by atoms with Gasteiger partial charge in [0, 0.05) is 38.5 Å². The molecule has 8 nitrogen and oxygen atoms in total. The molecule has 1 fully saturated rings. The fourth-order valence-electron chi connectivity index (χ4n) is 2.90. The van der Waals surface area contributed by atoms with Crippen molar-refractivity contribution in [1.29, 1.82) is 0 Å². The number of aromatic nitrogens is 3. The number of amides is 1. The highest BCUT2D eigenvalue weighted by atomic mass is 16.5. The van der Waals surface area contributed by atoms with Crippen LogP contribution in [0.25, 0.3) is 0 Å². The monoisotopic (exact) mass is 331 g/mol. The summed E-state index contributed by atoms with van der Waals surface area (Å²) in [6.45, 7) is 3.17. The minimum absolute atomic E-state index is 0.212. The third kappa shape index (κ3) is 3.38. The van der Waals surface area contributed by atoms with Crippen LogP contribution in [0.1, 0.15) is 29.6 Å². The molecule has 1 N–H and O–H groups in total. The highest BCUT2D eigenvalue weighted by Gasteiger charge is 2.39. The summed E-state index contributed by atoms with van der Waals surface area (Å²) in [6.07, 6.45) is 4.57. The SMILES string of the molecule is CCc1cc(C(=O)N(C)CC2(O)CCN(c3ncccn3)C2)no1. The molecule has 24 heavy (non-hydrogen) atoms. The molecule has 1 unspecified atom stereocenters. The normalized spacial score (nSPS) is 20.4. The van der Waals surface area contributed by atoms with Crippen molar-refractivity contribution < 1.29 is 14.4 Å². The number of aryl methyl sites for hydroxylation is 1. The van der Waals surface area contributed by atoms with Gasteiger partial charge in [0.2, 0.25) is 5.95 Å². The van der Waals surface area contributed by atoms with Crippen molar-refractivity contribution in [1.82, 2.24) is 20.0 Å². The maximum Gasteiger partial charge on any atom is 0.275 e. The van der Waals surface area contributed by atoms with Crippen LogP contribution in [-0.4, -0.2) is 63.3 Å². The molecule has 1 atom stereocenters. The van der Waals surface area contributed by atoms with Gasteiger partial charge in [0.25, 0.3) is 5.91 Å². The summed E-state index contributed by atoms with van der Waals surface area (Å²) in [5, 5.41) is 14.6. The standard InChI is InChI=1S/C16H21N5O3/c1-3-12-9-13(19-24-12)14(22)20(2)10-16(23)5-8-21(11-16)15-17-6-4-7-18-15/h4,6-7,9,23H,3,5,8,10-11H2,1-2H3. The molecule has 8 heteroatoms. The quantitative estimate of drug-likeness (QED) is 0.863. The first kappa shape index (κ1) is 16.4. The van der Waals surface area contributed by atoms with Crippen LogP contribution in [0.15, 0.2) is 29.0 Å². The molecule has 1 aliphatic rings. The Hall–Kier alpha value is -2.48. The largest absolute Gasteiger partial charge is 0.386 e. The van der Waals surface area contributed by atoms with Crippen LogP contribution < -0.4 is 4.90 Å². The van der Waals surface area contributed by atoms with Gasteiger partial charge >= 0.3 is 0 Å². The van der Waals surface area contributed by atoms with E-state index < -0.39 is 5.60 Å². The Kier molecular flexibility index (Phi) is 4.48. The Balaban J connectivity index is 1.63. The molecular formula is C16H21N5O3. The van der Waals surface area contributed by atoms with Gasteiger partial charge in [-0.1, -0.05) is 12.1 Å². The number of carbonyl (C=O) groups is 1. The summed E-state index contributed by atoms with van der Waals surface area (Å²) in [4.78, 5) is 24.2. The first-order valence-electron chi connectivity index (χ1n) is 7.96. The highest BCUT2D eigenvalue weighted by Crippen LogP contribution is 2.25. The second kappa shape index (κ2) is 6.56. The second-order valence-corrected chi connectivity index (χ2v) is 6.14. The molecule has 3 rings (SSSR count). The van der Waals surface area contributed by atoms with Crippen LogP contribution in [0.5, 0.6) is 0 Å². The maximum absolute atomic E-state index is 12.4. The van der Waals surface area contributed by atoms with Crippen LogP contribution in [0.2, 0.25) is 0 Å². The van der Waals surface area contributed by atoms with Gasteiger partial charge in [0.1, 0.15) is 11.4 Å². The van der Waals surface area contributed by atoms with Crippen LogP contribution in [0, 0.1) is 0 Å². The van der Waals surface area contributed by atoms with Crippen molar-refractivity contribution in [3.8, 4) is 0 Å². The van der Waals surface area contributed by atoms with E-state index in [1.54, 1.807) is 31.6 Å². The molecule has 0 radical (unpaired) electrons. The predicted molar refractivity (Wildman–Crippen MR) is 86.7 cm³/mol. The van der Waals surface area contributed by atoms with Crippen molar-refractivity contribution in [2.45, 2.75) is 25.4 Å². The van der Waals surface area contributed by atoms with Gasteiger partial charge in [-0.15, -0.1) is 0 Å². The summed E-state index contributed by atoms with van der Waals surface area (Å²) in [5.41, 5.74) is -0.736. The Labute approximate surface area is 140 Å². The number of rotatable bonds is 5. The Morgan fingerprint density at radius 1 is 1.46 bits per heavy atom. The van der Waals surface area contributed by atoms with Gasteiger partial charge in [0.15, 0.2) is 5.69 Å². The predicted octanol–water partition coefficient (Wildman–Crippen LogP) is 0.740. The van der Waals surface area contributed by atoms with Crippen LogP contribution in [0.3, 0.4) is 0 Å². The van der Waals surface area contributed by atoms with Gasteiger partial charge in [-0.05, 0) is 12.5 Å². The number of aliphatic hydroxyl groups is 1. The first-order valence-corrected chi connectivity index (χ1v) is 7.96. The topological polar surface area (TPSA) is 95.6 Å². The molecular weight excluding hydrogens is 310 g/mol. The molecule has 2 aromatic heterocycles. The minimum Gasteiger partial charge on any atom is -0.386 e. The Morgan fingerprint density at radius 2 is 2.21 bits per heavy atom. The van der Waals surface area contributed by atoms with Crippen LogP contribution >= 0.6 is 0 Å². The van der Waals surface area contributed by atoms with Gasteiger partial charge < -0.3 is 19.4 Å². The summed E-state index contributed by atoms with van der Waals surface area (Å²) >= 11 is 0. The molecule has 0 aliphatic carbocycles. The maximum atomic E-state index is 12.4. The lowest BCUT2D eigenvalue weighted by Crippen LogP contribution is -2.46. The third-order valence-electron chi connectivity index (χ3n) is 4.17. The van der Waals surface area contributed by atoms with Gasteiger partial charge in [-0.2, -0.15) is 0 Å². The zero-order valence-corrected chi connectivity index (χ0v) is 13.8. The lowest BCUT2D eigenvalue weighted by molar-refractivity contribution is 0.0260. The Bertz CT molecular complexity index is 705. The smallest absolute Gasteiger partial charge is 0.275 e. The molecule has 3 heterocycles. The molecule has 1 aliphatic heterocycles. The average molecular weight is 331 g/mol. The Morgan fingerprint density at radius 3 is 2.88 bits per heavy atom. The zero-order valence-electron chi connectivity index (χ0n) is 13.8. The van der Waals surface area contributed by atoms with Crippen molar-refractivity contribution >= 4 is 11.9 Å². The molecule has 0 saturated carbocycles. The van der Waals surface area contributed by atoms with E-state index in [9.17, 15) is 9.90 Å². The van der Waals surface area contributed by atoms with Gasteiger partial charge in [-0.25, -0.2) is 9.97 Å². The molecule has 2 aromatic rings. The fraction of sp³-hybridized carbons (Fsp3) is 0.500. The number of nitrogens with zero attached hydrogens (tertiary/aromatic N) is 5. The van der Waals surface area contributed by atoms with Crippen molar-refractivity contribution in [3.05, 3.63) is 36.0 Å². The number of β-amino-alcohol motifs (C(OH)–C–C–N with tert-alkyl or cyclic N) is 1. The second-order valence-electron chi connectivity index (χ2n) is 6.14. The van der Waals surface area contributed by atoms with E-state index in [2.05, 4.69) is 15.1 Å². The summed E-state index contributed by atoms with van der Waals surface area (Å²) in [6, 6.07) is 3.39. The average Bonchev–Trinajstić information content (AvgIpc) is 3.22. The molecule has 128 valence electrons. The molecule has 0 bridgehead atoms. The van der Waals surface area contributed by atoms with Crippen LogP contribution in [0.4, 0.5) is 5.95 Å². The van der Waals surface area contributed by atoms with E-state index in [1.165, 1.54) is 4.90 Å². The number of anilines is 1. The van der Waals surface area contributed by atoms with Gasteiger partial charge in [0.05, 0.1) is 13.1 Å². The lowest BCUT2D eigenvalue weighted by atomic mass is 10.0. The van der Waals surface area contributed by atoms with E-state index in [0.717, 1.165) is 0 Å². The molecule has 0 spiro atoms. The summed E-state index contributed by atoms with van der Waals surface area (Å²) < 4.78 is 5.07. The van der Waals surface area contributed by atoms with E-state index in [4.69, 9.17) is 4.52 Å².